The molecule has 2 aromatic rings. The average molecular weight is 313 g/mol. The van der Waals surface area contributed by atoms with Gasteiger partial charge in [0.2, 0.25) is 5.95 Å². The normalized spacial score (nSPS) is 15.4. The minimum atomic E-state index is 0.734. The summed E-state index contributed by atoms with van der Waals surface area (Å²) in [6.07, 6.45) is 1.81. The highest BCUT2D eigenvalue weighted by atomic mass is 16.5. The second-order valence-corrected chi connectivity index (χ2v) is 5.36. The number of methoxy groups -OCH3 is 1. The number of anilines is 1. The van der Waals surface area contributed by atoms with Crippen LogP contribution in [-0.4, -0.2) is 54.8 Å². The van der Waals surface area contributed by atoms with E-state index in [9.17, 15) is 0 Å². The van der Waals surface area contributed by atoms with Gasteiger partial charge in [-0.05, 0) is 25.1 Å². The zero-order valence-electron chi connectivity index (χ0n) is 13.7. The van der Waals surface area contributed by atoms with E-state index in [4.69, 9.17) is 9.72 Å². The van der Waals surface area contributed by atoms with Gasteiger partial charge in [-0.2, -0.15) is 0 Å². The quantitative estimate of drug-likeness (QED) is 0.908. The van der Waals surface area contributed by atoms with Crippen molar-refractivity contribution in [2.24, 2.45) is 0 Å². The van der Waals surface area contributed by atoms with Crippen molar-refractivity contribution in [3.63, 3.8) is 0 Å². The number of nitrogens with zero attached hydrogens (tertiary/aromatic N) is 4. The fourth-order valence-electron chi connectivity index (χ4n) is 2.84. The van der Waals surface area contributed by atoms with Crippen LogP contribution in [0.5, 0.6) is 5.75 Å². The fourth-order valence-corrected chi connectivity index (χ4v) is 2.84. The lowest BCUT2D eigenvalue weighted by atomic mass is 10.1. The third-order valence-corrected chi connectivity index (χ3v) is 3.99. The number of hydrogen-bond acceptors (Lipinski definition) is 6. The van der Waals surface area contributed by atoms with Gasteiger partial charge in [0, 0.05) is 44.5 Å². The zero-order valence-corrected chi connectivity index (χ0v) is 13.7. The molecule has 2 heterocycles. The molecular weight excluding hydrogens is 290 g/mol. The highest BCUT2D eigenvalue weighted by Crippen LogP contribution is 2.28. The number of piperazine rings is 1. The van der Waals surface area contributed by atoms with Crippen LogP contribution in [0.25, 0.3) is 11.3 Å². The first-order valence-electron chi connectivity index (χ1n) is 8.03. The number of hydrazine groups is 1. The number of benzene rings is 1. The van der Waals surface area contributed by atoms with Crippen LogP contribution < -0.4 is 15.1 Å². The molecular formula is C17H23N5O. The first-order valence-corrected chi connectivity index (χ1v) is 8.03. The molecule has 0 radical (unpaired) electrons. The molecule has 122 valence electrons. The molecule has 0 amide bonds. The van der Waals surface area contributed by atoms with Crippen LogP contribution in [0.1, 0.15) is 6.92 Å². The van der Waals surface area contributed by atoms with E-state index in [1.807, 2.05) is 36.5 Å². The summed E-state index contributed by atoms with van der Waals surface area (Å²) in [4.78, 5) is 9.25. The summed E-state index contributed by atoms with van der Waals surface area (Å²) >= 11 is 0. The SMILES string of the molecule is CCN(c1nccc(-c2ccccc2OC)n1)N1CCNCC1. The second-order valence-electron chi connectivity index (χ2n) is 5.36. The second kappa shape index (κ2) is 7.39. The smallest absolute Gasteiger partial charge is 0.240 e. The number of ether oxygens (including phenoxy) is 1. The van der Waals surface area contributed by atoms with Crippen molar-refractivity contribution in [3.05, 3.63) is 36.5 Å². The molecule has 0 spiro atoms. The van der Waals surface area contributed by atoms with E-state index in [1.165, 1.54) is 0 Å². The summed E-state index contributed by atoms with van der Waals surface area (Å²) in [6.45, 7) is 6.88. The van der Waals surface area contributed by atoms with Crippen LogP contribution in [0, 0.1) is 0 Å². The third-order valence-electron chi connectivity index (χ3n) is 3.99. The maximum absolute atomic E-state index is 5.45. The average Bonchev–Trinajstić information content (AvgIpc) is 2.63. The zero-order chi connectivity index (χ0) is 16.1. The van der Waals surface area contributed by atoms with Crippen LogP contribution in [0.4, 0.5) is 5.95 Å². The minimum absolute atomic E-state index is 0.734. The number of rotatable bonds is 5. The van der Waals surface area contributed by atoms with Gasteiger partial charge < -0.3 is 10.1 Å². The van der Waals surface area contributed by atoms with E-state index in [0.29, 0.717) is 0 Å². The van der Waals surface area contributed by atoms with Crippen LogP contribution in [-0.2, 0) is 0 Å². The molecule has 1 fully saturated rings. The molecule has 0 bridgehead atoms. The Kier molecular flexibility index (Phi) is 5.05. The monoisotopic (exact) mass is 313 g/mol. The Balaban J connectivity index is 1.92. The molecule has 1 N–H and O–H groups in total. The van der Waals surface area contributed by atoms with Gasteiger partial charge in [-0.1, -0.05) is 12.1 Å². The molecule has 1 aromatic heterocycles. The Hall–Kier alpha value is -2.18. The summed E-state index contributed by atoms with van der Waals surface area (Å²) in [5.74, 6) is 1.56. The van der Waals surface area contributed by atoms with Crippen molar-refractivity contribution in [2.45, 2.75) is 6.92 Å². The molecule has 6 heteroatoms. The molecule has 0 saturated carbocycles. The molecule has 1 aromatic carbocycles. The predicted molar refractivity (Wildman–Crippen MR) is 91.5 cm³/mol. The van der Waals surface area contributed by atoms with E-state index in [2.05, 4.69) is 27.2 Å². The van der Waals surface area contributed by atoms with Crippen LogP contribution in [0.2, 0.25) is 0 Å². The lowest BCUT2D eigenvalue weighted by molar-refractivity contribution is 0.218. The molecule has 23 heavy (non-hydrogen) atoms. The summed E-state index contributed by atoms with van der Waals surface area (Å²) in [6, 6.07) is 9.85. The lowest BCUT2D eigenvalue weighted by Gasteiger charge is -2.37. The maximum atomic E-state index is 5.45. The molecule has 3 rings (SSSR count). The standard InChI is InChI=1S/C17H23N5O/c1-3-22(21-12-10-18-11-13-21)17-19-9-8-15(20-17)14-6-4-5-7-16(14)23-2/h4-9,18H,3,10-13H2,1-2H3. The number of para-hydroxylation sites is 1. The van der Waals surface area contributed by atoms with E-state index < -0.39 is 0 Å². The first kappa shape index (κ1) is 15.7. The summed E-state index contributed by atoms with van der Waals surface area (Å²) in [7, 11) is 1.68. The van der Waals surface area contributed by atoms with Crippen molar-refractivity contribution in [1.29, 1.82) is 0 Å². The van der Waals surface area contributed by atoms with Gasteiger partial charge in [0.05, 0.1) is 12.8 Å². The largest absolute Gasteiger partial charge is 0.496 e. The van der Waals surface area contributed by atoms with Gasteiger partial charge in [-0.15, -0.1) is 0 Å². The van der Waals surface area contributed by atoms with E-state index in [0.717, 1.165) is 55.7 Å². The molecule has 1 aliphatic rings. The molecule has 0 aliphatic carbocycles. The van der Waals surface area contributed by atoms with Crippen molar-refractivity contribution < 1.29 is 4.74 Å². The van der Waals surface area contributed by atoms with Crippen LogP contribution in [0.15, 0.2) is 36.5 Å². The van der Waals surface area contributed by atoms with Crippen molar-refractivity contribution >= 4 is 5.95 Å². The number of hydrogen-bond donors (Lipinski definition) is 1. The van der Waals surface area contributed by atoms with E-state index in [1.54, 1.807) is 7.11 Å². The Morgan fingerprint density at radius 2 is 2.00 bits per heavy atom. The Morgan fingerprint density at radius 1 is 1.22 bits per heavy atom. The summed E-state index contributed by atoms with van der Waals surface area (Å²) in [5, 5.41) is 7.83. The van der Waals surface area contributed by atoms with Gasteiger partial charge in [0.1, 0.15) is 5.75 Å². The van der Waals surface area contributed by atoms with Crippen molar-refractivity contribution in [3.8, 4) is 17.0 Å². The van der Waals surface area contributed by atoms with Crippen molar-refractivity contribution in [1.82, 2.24) is 20.3 Å². The number of nitrogens with one attached hydrogen (secondary N) is 1. The van der Waals surface area contributed by atoms with Gasteiger partial charge in [0.15, 0.2) is 0 Å². The minimum Gasteiger partial charge on any atom is -0.496 e. The Morgan fingerprint density at radius 3 is 2.74 bits per heavy atom. The number of aromatic nitrogens is 2. The van der Waals surface area contributed by atoms with E-state index in [-0.39, 0.29) is 0 Å². The molecule has 0 atom stereocenters. The van der Waals surface area contributed by atoms with E-state index >= 15 is 0 Å². The third kappa shape index (κ3) is 3.43. The lowest BCUT2D eigenvalue weighted by Crippen LogP contribution is -2.53. The molecule has 6 nitrogen and oxygen atoms in total. The maximum Gasteiger partial charge on any atom is 0.240 e. The van der Waals surface area contributed by atoms with Crippen LogP contribution in [0.3, 0.4) is 0 Å². The summed E-state index contributed by atoms with van der Waals surface area (Å²) in [5.41, 5.74) is 1.86. The van der Waals surface area contributed by atoms with Gasteiger partial charge in [-0.3, -0.25) is 5.01 Å². The van der Waals surface area contributed by atoms with Crippen LogP contribution >= 0.6 is 0 Å². The van der Waals surface area contributed by atoms with Crippen molar-refractivity contribution in [2.75, 3.05) is 44.8 Å². The predicted octanol–water partition coefficient (Wildman–Crippen LogP) is 1.80. The topological polar surface area (TPSA) is 53.5 Å². The Labute approximate surface area is 137 Å². The van der Waals surface area contributed by atoms with Gasteiger partial charge in [0.25, 0.3) is 0 Å². The highest BCUT2D eigenvalue weighted by Gasteiger charge is 2.19. The molecule has 1 saturated heterocycles. The van der Waals surface area contributed by atoms with Gasteiger partial charge >= 0.3 is 0 Å². The fraction of sp³-hybridized carbons (Fsp3) is 0.412. The molecule has 0 unspecified atom stereocenters. The first-order chi connectivity index (χ1) is 11.3. The molecule has 1 aliphatic heterocycles. The highest BCUT2D eigenvalue weighted by molar-refractivity contribution is 5.67. The Bertz CT molecular complexity index is 642. The summed E-state index contributed by atoms with van der Waals surface area (Å²) < 4.78 is 5.45. The van der Waals surface area contributed by atoms with Gasteiger partial charge in [-0.25, -0.2) is 15.0 Å².